The molecular weight excluding hydrogens is 571 g/mol. The Kier molecular flexibility index (Phi) is 8.21. The number of hydrogen-bond donors (Lipinski definition) is 0. The summed E-state index contributed by atoms with van der Waals surface area (Å²) >= 11 is 11.8. The van der Waals surface area contributed by atoms with Crippen LogP contribution in [0.3, 0.4) is 0 Å². The number of nitrogens with zero attached hydrogens (tertiary/aromatic N) is 2. The minimum atomic E-state index is -3.98. The molecule has 0 N–H and O–H groups in total. The van der Waals surface area contributed by atoms with Gasteiger partial charge in [-0.15, -0.1) is 0 Å². The maximum absolute atomic E-state index is 13.6. The van der Waals surface area contributed by atoms with Crippen LogP contribution in [-0.2, 0) is 23.0 Å². The summed E-state index contributed by atoms with van der Waals surface area (Å²) in [5.41, 5.74) is 1.79. The van der Waals surface area contributed by atoms with E-state index in [-0.39, 0.29) is 22.3 Å². The molecule has 7 nitrogen and oxygen atoms in total. The van der Waals surface area contributed by atoms with E-state index >= 15 is 0 Å². The van der Waals surface area contributed by atoms with Gasteiger partial charge in [0.2, 0.25) is 14.9 Å². The van der Waals surface area contributed by atoms with Crippen LogP contribution in [0.5, 0.6) is 5.75 Å². The number of anilines is 1. The van der Waals surface area contributed by atoms with Gasteiger partial charge in [-0.3, -0.25) is 9.69 Å². The van der Waals surface area contributed by atoms with E-state index in [0.29, 0.717) is 28.2 Å². The lowest BCUT2D eigenvalue weighted by Gasteiger charge is -2.21. The number of hydrogen-bond acceptors (Lipinski definition) is 6. The van der Waals surface area contributed by atoms with Crippen LogP contribution in [-0.4, -0.2) is 19.3 Å². The van der Waals surface area contributed by atoms with Crippen molar-refractivity contribution in [3.05, 3.63) is 136 Å². The Bertz CT molecular complexity index is 1710. The molecule has 0 aliphatic heterocycles. The van der Waals surface area contributed by atoms with Gasteiger partial charge in [-0.1, -0.05) is 53.5 Å². The van der Waals surface area contributed by atoms with Crippen LogP contribution in [0.2, 0.25) is 10.0 Å². The number of carbonyl (C=O) groups excluding carboxylic acids is 1. The van der Waals surface area contributed by atoms with Gasteiger partial charge in [-0.25, -0.2) is 13.4 Å². The van der Waals surface area contributed by atoms with Gasteiger partial charge in [0.05, 0.1) is 11.4 Å². The molecule has 0 radical (unpaired) electrons. The molecule has 0 aliphatic rings. The van der Waals surface area contributed by atoms with Crippen molar-refractivity contribution >= 4 is 44.8 Å². The summed E-state index contributed by atoms with van der Waals surface area (Å²) in [5, 5.41) is 0.719. The molecule has 10 heteroatoms. The van der Waals surface area contributed by atoms with E-state index in [1.54, 1.807) is 24.4 Å². The monoisotopic (exact) mass is 592 g/mol. The first-order valence-electron chi connectivity index (χ1n) is 12.1. The zero-order valence-electron chi connectivity index (χ0n) is 20.9. The molecule has 202 valence electrons. The molecule has 5 aromatic rings. The fraction of sp³-hybridized carbons (Fsp3) is 0.0667. The van der Waals surface area contributed by atoms with Crippen molar-refractivity contribution in [2.75, 3.05) is 4.90 Å². The smallest absolute Gasteiger partial charge is 0.295 e. The van der Waals surface area contributed by atoms with Crippen LogP contribution in [0.4, 0.5) is 5.82 Å². The Labute approximate surface area is 241 Å². The SMILES string of the molecule is O=C(c1ccc(S(=O)(=O)c2ccc(Cl)cc2)o1)N(Cc1ccc(OCc2ccc(Cl)cc2)cc1)c1ccccn1. The maximum atomic E-state index is 13.6. The molecule has 40 heavy (non-hydrogen) atoms. The molecule has 0 unspecified atom stereocenters. The Morgan fingerprint density at radius 3 is 2.10 bits per heavy atom. The van der Waals surface area contributed by atoms with E-state index in [4.69, 9.17) is 32.4 Å². The lowest BCUT2D eigenvalue weighted by atomic mass is 10.2. The van der Waals surface area contributed by atoms with Crippen molar-refractivity contribution in [2.24, 2.45) is 0 Å². The predicted octanol–water partition coefficient (Wildman–Crippen LogP) is 7.24. The Morgan fingerprint density at radius 1 is 0.800 bits per heavy atom. The molecule has 2 aromatic heterocycles. The van der Waals surface area contributed by atoms with E-state index in [1.165, 1.54) is 41.3 Å². The van der Waals surface area contributed by atoms with Crippen molar-refractivity contribution in [3.8, 4) is 5.75 Å². The molecule has 0 atom stereocenters. The average molecular weight is 593 g/mol. The molecule has 1 amide bonds. The van der Waals surface area contributed by atoms with Gasteiger partial charge in [0.25, 0.3) is 5.91 Å². The van der Waals surface area contributed by atoms with Crippen LogP contribution >= 0.6 is 23.2 Å². The lowest BCUT2D eigenvalue weighted by molar-refractivity contribution is 0.0952. The van der Waals surface area contributed by atoms with Gasteiger partial charge in [-0.05, 0) is 83.9 Å². The second-order valence-corrected chi connectivity index (χ2v) is 11.5. The average Bonchev–Trinajstić information content (AvgIpc) is 3.48. The van der Waals surface area contributed by atoms with Crippen molar-refractivity contribution in [1.82, 2.24) is 4.98 Å². The molecule has 0 spiro atoms. The van der Waals surface area contributed by atoms with E-state index in [0.717, 1.165) is 11.1 Å². The summed E-state index contributed by atoms with van der Waals surface area (Å²) in [7, 11) is -3.98. The van der Waals surface area contributed by atoms with E-state index in [9.17, 15) is 13.2 Å². The highest BCUT2D eigenvalue weighted by molar-refractivity contribution is 7.91. The summed E-state index contributed by atoms with van der Waals surface area (Å²) in [4.78, 5) is 19.3. The van der Waals surface area contributed by atoms with E-state index in [2.05, 4.69) is 4.98 Å². The number of aromatic nitrogens is 1. The molecule has 0 saturated heterocycles. The van der Waals surface area contributed by atoms with Crippen LogP contribution < -0.4 is 9.64 Å². The zero-order valence-corrected chi connectivity index (χ0v) is 23.2. The number of pyridine rings is 1. The van der Waals surface area contributed by atoms with Crippen LogP contribution in [0.25, 0.3) is 0 Å². The van der Waals surface area contributed by atoms with Crippen molar-refractivity contribution in [2.45, 2.75) is 23.1 Å². The summed E-state index contributed by atoms with van der Waals surface area (Å²) < 4.78 is 37.4. The number of furan rings is 1. The fourth-order valence-electron chi connectivity index (χ4n) is 3.83. The lowest BCUT2D eigenvalue weighted by Crippen LogP contribution is -2.30. The van der Waals surface area contributed by atoms with E-state index < -0.39 is 15.7 Å². The van der Waals surface area contributed by atoms with Crippen LogP contribution in [0, 0.1) is 0 Å². The highest BCUT2D eigenvalue weighted by Crippen LogP contribution is 2.26. The Hall–Kier alpha value is -4.11. The third-order valence-electron chi connectivity index (χ3n) is 5.93. The minimum Gasteiger partial charge on any atom is -0.489 e. The van der Waals surface area contributed by atoms with Gasteiger partial charge in [-0.2, -0.15) is 0 Å². The molecule has 5 rings (SSSR count). The number of sulfone groups is 1. The molecule has 0 saturated carbocycles. The second-order valence-electron chi connectivity index (χ2n) is 8.71. The van der Waals surface area contributed by atoms with Gasteiger partial charge in [0.15, 0.2) is 5.76 Å². The van der Waals surface area contributed by atoms with Crippen molar-refractivity contribution < 1.29 is 22.4 Å². The van der Waals surface area contributed by atoms with E-state index in [1.807, 2.05) is 48.5 Å². The highest BCUT2D eigenvalue weighted by atomic mass is 35.5. The number of ether oxygens (including phenoxy) is 1. The normalized spacial score (nSPS) is 11.2. The zero-order chi connectivity index (χ0) is 28.1. The molecular formula is C30H22Cl2N2O5S. The summed E-state index contributed by atoms with van der Waals surface area (Å²) in [6, 6.07) is 28.2. The van der Waals surface area contributed by atoms with Gasteiger partial charge < -0.3 is 9.15 Å². The number of benzene rings is 3. The van der Waals surface area contributed by atoms with Gasteiger partial charge in [0.1, 0.15) is 18.2 Å². The predicted molar refractivity (Wildman–Crippen MR) is 153 cm³/mol. The standard InChI is InChI=1S/C30H22Cl2N2O5S/c31-23-8-4-22(5-9-23)20-38-25-12-6-21(7-13-25)19-34(28-3-1-2-18-33-28)30(35)27-16-17-29(39-27)40(36,37)26-14-10-24(32)11-15-26/h1-18H,19-20H2. The molecule has 0 aliphatic carbocycles. The first-order valence-corrected chi connectivity index (χ1v) is 14.3. The van der Waals surface area contributed by atoms with Crippen LogP contribution in [0.15, 0.2) is 124 Å². The Morgan fingerprint density at radius 2 is 1.45 bits per heavy atom. The number of carbonyl (C=O) groups is 1. The fourth-order valence-corrected chi connectivity index (χ4v) is 5.26. The maximum Gasteiger partial charge on any atom is 0.295 e. The third-order valence-corrected chi connectivity index (χ3v) is 8.08. The van der Waals surface area contributed by atoms with Gasteiger partial charge >= 0.3 is 0 Å². The number of amides is 1. The second kappa shape index (κ2) is 12.0. The molecule has 0 fully saturated rings. The molecule has 0 bridgehead atoms. The quantitative estimate of drug-likeness (QED) is 0.179. The van der Waals surface area contributed by atoms with Crippen LogP contribution in [0.1, 0.15) is 21.7 Å². The summed E-state index contributed by atoms with van der Waals surface area (Å²) in [6.07, 6.45) is 1.57. The third kappa shape index (κ3) is 6.37. The highest BCUT2D eigenvalue weighted by Gasteiger charge is 2.27. The van der Waals surface area contributed by atoms with Gasteiger partial charge in [0, 0.05) is 16.2 Å². The van der Waals surface area contributed by atoms with Crippen molar-refractivity contribution in [1.29, 1.82) is 0 Å². The molecule has 2 heterocycles. The number of rotatable bonds is 9. The largest absolute Gasteiger partial charge is 0.489 e. The summed E-state index contributed by atoms with van der Waals surface area (Å²) in [6.45, 7) is 0.544. The first kappa shape index (κ1) is 27.5. The van der Waals surface area contributed by atoms with Crippen molar-refractivity contribution in [3.63, 3.8) is 0 Å². The first-order chi connectivity index (χ1) is 19.3. The Balaban J connectivity index is 1.34. The molecule has 3 aromatic carbocycles. The summed E-state index contributed by atoms with van der Waals surface area (Å²) in [5.74, 6) is 0.368. The number of halogens is 2. The topological polar surface area (TPSA) is 89.7 Å². The minimum absolute atomic E-state index is 0.00482.